The first-order valence-corrected chi connectivity index (χ1v) is 9.95. The Balaban J connectivity index is 2.54. The number of nitrogens with one attached hydrogen (secondary N) is 2. The van der Waals surface area contributed by atoms with Crippen LogP contribution in [0.4, 0.5) is 5.00 Å². The number of rotatable bonds is 8. The van der Waals surface area contributed by atoms with Crippen LogP contribution in [0.5, 0.6) is 5.88 Å². The van der Waals surface area contributed by atoms with Gasteiger partial charge in [-0.15, -0.1) is 11.3 Å². The molecule has 0 radical (unpaired) electrons. The second-order valence-electron chi connectivity index (χ2n) is 5.91. The molecule has 0 aliphatic heterocycles. The van der Waals surface area contributed by atoms with Gasteiger partial charge in [-0.25, -0.2) is 9.79 Å². The number of hydrogen-bond donors (Lipinski definition) is 3. The van der Waals surface area contributed by atoms with E-state index in [1.807, 2.05) is 6.92 Å². The van der Waals surface area contributed by atoms with Gasteiger partial charge >= 0.3 is 5.97 Å². The van der Waals surface area contributed by atoms with Crippen LogP contribution in [0.1, 0.15) is 64.3 Å². The maximum atomic E-state index is 12.7. The smallest absolute Gasteiger partial charge is 0.348 e. The molecule has 0 amide bonds. The van der Waals surface area contributed by atoms with Crippen molar-refractivity contribution < 1.29 is 19.4 Å². The molecule has 2 heterocycles. The molecule has 2 aromatic rings. The molecule has 2 aromatic heterocycles. The first-order valence-electron chi connectivity index (χ1n) is 8.73. The SMILES string of the molecule is CCCCC(=O)c1c(N=Cc2c(O)[nH]c(=S)[nH]c2=O)sc(C(=O)OCC)c1C. The van der Waals surface area contributed by atoms with Crippen molar-refractivity contribution in [1.82, 2.24) is 9.97 Å². The van der Waals surface area contributed by atoms with E-state index in [-0.39, 0.29) is 27.7 Å². The molecule has 150 valence electrons. The number of unbranched alkanes of at least 4 members (excludes halogenated alkanes) is 1. The van der Waals surface area contributed by atoms with Crippen molar-refractivity contribution in [3.05, 3.63) is 36.7 Å². The van der Waals surface area contributed by atoms with Crippen molar-refractivity contribution in [2.24, 2.45) is 4.99 Å². The highest BCUT2D eigenvalue weighted by atomic mass is 32.1. The molecular weight excluding hydrogens is 402 g/mol. The minimum absolute atomic E-state index is 0.0216. The largest absolute Gasteiger partial charge is 0.494 e. The van der Waals surface area contributed by atoms with E-state index >= 15 is 0 Å². The number of thiophene rings is 1. The Morgan fingerprint density at radius 1 is 1.32 bits per heavy atom. The number of aromatic amines is 2. The van der Waals surface area contributed by atoms with Gasteiger partial charge in [0.1, 0.15) is 15.4 Å². The molecule has 8 nitrogen and oxygen atoms in total. The highest BCUT2D eigenvalue weighted by Gasteiger charge is 2.24. The van der Waals surface area contributed by atoms with Crippen molar-refractivity contribution in [2.45, 2.75) is 40.0 Å². The fourth-order valence-corrected chi connectivity index (χ4v) is 3.75. The molecule has 0 saturated carbocycles. The zero-order valence-electron chi connectivity index (χ0n) is 15.7. The van der Waals surface area contributed by atoms with Crippen molar-refractivity contribution in [3.63, 3.8) is 0 Å². The maximum Gasteiger partial charge on any atom is 0.348 e. The molecule has 0 fully saturated rings. The van der Waals surface area contributed by atoms with E-state index in [1.54, 1.807) is 13.8 Å². The molecule has 0 spiro atoms. The number of aromatic hydroxyl groups is 1. The molecule has 28 heavy (non-hydrogen) atoms. The van der Waals surface area contributed by atoms with Crippen molar-refractivity contribution in [1.29, 1.82) is 0 Å². The van der Waals surface area contributed by atoms with Gasteiger partial charge in [-0.05, 0) is 38.0 Å². The average Bonchev–Trinajstić information content (AvgIpc) is 2.95. The van der Waals surface area contributed by atoms with Gasteiger partial charge in [-0.3, -0.25) is 14.6 Å². The predicted octanol–water partition coefficient (Wildman–Crippen LogP) is 3.81. The third-order valence-corrected chi connectivity index (χ3v) is 5.28. The number of Topliss-reactive ketones (excluding diaryl/α,β-unsaturated/α-hetero) is 1. The summed E-state index contributed by atoms with van der Waals surface area (Å²) in [5, 5.41) is 10.2. The number of nitrogens with zero attached hydrogens (tertiary/aromatic N) is 1. The van der Waals surface area contributed by atoms with Crippen LogP contribution < -0.4 is 5.56 Å². The molecule has 0 atom stereocenters. The first kappa shape index (κ1) is 21.7. The molecule has 0 aromatic carbocycles. The minimum atomic E-state index is -0.622. The van der Waals surface area contributed by atoms with Crippen molar-refractivity contribution >= 4 is 46.5 Å². The van der Waals surface area contributed by atoms with Crippen LogP contribution in [-0.4, -0.2) is 39.6 Å². The number of carbonyl (C=O) groups is 2. The molecule has 0 saturated heterocycles. The molecule has 2 rings (SSSR count). The van der Waals surface area contributed by atoms with Crippen LogP contribution in [0.2, 0.25) is 0 Å². The van der Waals surface area contributed by atoms with Gasteiger partial charge in [0.25, 0.3) is 5.56 Å². The van der Waals surface area contributed by atoms with Gasteiger partial charge in [0.05, 0.1) is 12.2 Å². The molecule has 0 aliphatic rings. The Kier molecular flexibility index (Phi) is 7.41. The van der Waals surface area contributed by atoms with E-state index in [2.05, 4.69) is 15.0 Å². The van der Waals surface area contributed by atoms with Crippen molar-refractivity contribution in [2.75, 3.05) is 6.61 Å². The number of esters is 1. The number of hydrogen-bond acceptors (Lipinski definition) is 8. The number of aliphatic imine (C=N–C) groups is 1. The fraction of sp³-hybridized carbons (Fsp3) is 0.389. The van der Waals surface area contributed by atoms with Gasteiger partial charge in [0.15, 0.2) is 10.6 Å². The second kappa shape index (κ2) is 9.56. The molecule has 3 N–H and O–H groups in total. The van der Waals surface area contributed by atoms with Crippen LogP contribution in [-0.2, 0) is 4.74 Å². The molecule has 0 unspecified atom stereocenters. The summed E-state index contributed by atoms with van der Waals surface area (Å²) in [5.41, 5.74) is 0.0758. The standard InChI is InChI=1S/C18H21N3O5S2/c1-4-6-7-11(22)12-9(3)13(17(25)26-5-2)28-16(12)19-8-10-14(23)20-18(27)21-15(10)24/h8H,4-7H2,1-3H3,(H3,20,21,23,24,27). The van der Waals surface area contributed by atoms with Crippen LogP contribution >= 0.6 is 23.6 Å². The summed E-state index contributed by atoms with van der Waals surface area (Å²) in [6, 6.07) is 0. The number of carbonyl (C=O) groups excluding carboxylic acids is 2. The number of aromatic nitrogens is 2. The van der Waals surface area contributed by atoms with Gasteiger partial charge in [0, 0.05) is 12.6 Å². The summed E-state index contributed by atoms with van der Waals surface area (Å²) in [5.74, 6) is -1.10. The van der Waals surface area contributed by atoms with Crippen LogP contribution in [0.15, 0.2) is 9.79 Å². The van der Waals surface area contributed by atoms with E-state index in [4.69, 9.17) is 17.0 Å². The third-order valence-electron chi connectivity index (χ3n) is 3.89. The molecule has 0 aliphatic carbocycles. The Bertz CT molecular complexity index is 1030. The maximum absolute atomic E-state index is 12.7. The Labute approximate surface area is 170 Å². The van der Waals surface area contributed by atoms with Crippen LogP contribution in [0, 0.1) is 11.7 Å². The highest BCUT2D eigenvalue weighted by Crippen LogP contribution is 2.37. The second-order valence-corrected chi connectivity index (χ2v) is 7.32. The monoisotopic (exact) mass is 423 g/mol. The summed E-state index contributed by atoms with van der Waals surface area (Å²) in [6.45, 7) is 5.55. The summed E-state index contributed by atoms with van der Waals surface area (Å²) in [7, 11) is 0. The van der Waals surface area contributed by atoms with E-state index in [0.717, 1.165) is 24.0 Å². The number of ether oxygens (including phenoxy) is 1. The van der Waals surface area contributed by atoms with E-state index in [0.29, 0.717) is 28.8 Å². The zero-order chi connectivity index (χ0) is 20.8. The molecule has 10 heteroatoms. The lowest BCUT2D eigenvalue weighted by Crippen LogP contribution is -2.13. The number of H-pyrrole nitrogens is 2. The van der Waals surface area contributed by atoms with E-state index in [9.17, 15) is 19.5 Å². The lowest BCUT2D eigenvalue weighted by Gasteiger charge is -2.03. The summed E-state index contributed by atoms with van der Waals surface area (Å²) >= 11 is 5.80. The Hall–Kier alpha value is -2.59. The fourth-order valence-electron chi connectivity index (χ4n) is 2.50. The normalized spacial score (nSPS) is 11.1. The predicted molar refractivity (Wildman–Crippen MR) is 110 cm³/mol. The van der Waals surface area contributed by atoms with Gasteiger partial charge in [-0.2, -0.15) is 0 Å². The summed E-state index contributed by atoms with van der Waals surface area (Å²) < 4.78 is 5.03. The minimum Gasteiger partial charge on any atom is -0.494 e. The molecular formula is C18H21N3O5S2. The van der Waals surface area contributed by atoms with Crippen LogP contribution in [0.25, 0.3) is 0 Å². The van der Waals surface area contributed by atoms with Crippen LogP contribution in [0.3, 0.4) is 0 Å². The van der Waals surface area contributed by atoms with Gasteiger partial charge in [-0.1, -0.05) is 13.3 Å². The van der Waals surface area contributed by atoms with Gasteiger partial charge < -0.3 is 14.8 Å². The van der Waals surface area contributed by atoms with E-state index in [1.165, 1.54) is 0 Å². The summed E-state index contributed by atoms with van der Waals surface area (Å²) in [6.07, 6.45) is 3.02. The Morgan fingerprint density at radius 2 is 2.04 bits per heavy atom. The van der Waals surface area contributed by atoms with Crippen molar-refractivity contribution in [3.8, 4) is 5.88 Å². The third kappa shape index (κ3) is 4.82. The number of ketones is 1. The van der Waals surface area contributed by atoms with E-state index < -0.39 is 17.4 Å². The quantitative estimate of drug-likeness (QED) is 0.257. The van der Waals surface area contributed by atoms with Gasteiger partial charge in [0.2, 0.25) is 5.88 Å². The topological polar surface area (TPSA) is 125 Å². The lowest BCUT2D eigenvalue weighted by molar-refractivity contribution is 0.0531. The molecule has 0 bridgehead atoms. The highest BCUT2D eigenvalue weighted by molar-refractivity contribution is 7.71. The lowest BCUT2D eigenvalue weighted by atomic mass is 10.0. The first-order chi connectivity index (χ1) is 13.3. The zero-order valence-corrected chi connectivity index (χ0v) is 17.4. The Morgan fingerprint density at radius 3 is 2.64 bits per heavy atom. The summed E-state index contributed by atoms with van der Waals surface area (Å²) in [4.78, 5) is 46.1. The average molecular weight is 424 g/mol.